The van der Waals surface area contributed by atoms with Crippen molar-refractivity contribution in [3.05, 3.63) is 52.5 Å². The minimum atomic E-state index is -0.393. The van der Waals surface area contributed by atoms with E-state index in [1.54, 1.807) is 25.3 Å². The van der Waals surface area contributed by atoms with Gasteiger partial charge in [0.2, 0.25) is 0 Å². The molecule has 0 bridgehead atoms. The molecule has 0 fully saturated rings. The Morgan fingerprint density at radius 1 is 1.30 bits per heavy atom. The lowest BCUT2D eigenvalue weighted by atomic mass is 9.89. The first kappa shape index (κ1) is 19.4. The number of fused-ring (bicyclic) bond motifs is 1. The van der Waals surface area contributed by atoms with Crippen LogP contribution in [-0.2, 0) is 0 Å². The summed E-state index contributed by atoms with van der Waals surface area (Å²) in [5.41, 5.74) is 0.993. The third-order valence-corrected chi connectivity index (χ3v) is 4.77. The van der Waals surface area contributed by atoms with Crippen LogP contribution in [0, 0.1) is 0 Å². The monoisotopic (exact) mass is 389 g/mol. The summed E-state index contributed by atoms with van der Waals surface area (Å²) in [6, 6.07) is 10.5. The van der Waals surface area contributed by atoms with E-state index in [1.807, 2.05) is 39.0 Å². The first-order valence-corrected chi connectivity index (χ1v) is 9.31. The zero-order valence-corrected chi connectivity index (χ0v) is 16.7. The lowest BCUT2D eigenvalue weighted by Gasteiger charge is -2.38. The molecule has 5 nitrogen and oxygen atoms in total. The number of ether oxygens (including phenoxy) is 3. The minimum Gasteiger partial charge on any atom is -0.497 e. The van der Waals surface area contributed by atoms with Crippen molar-refractivity contribution in [2.24, 2.45) is 0 Å². The predicted octanol–water partition coefficient (Wildman–Crippen LogP) is 4.78. The molecule has 2 aromatic rings. The Morgan fingerprint density at radius 3 is 2.74 bits per heavy atom. The summed E-state index contributed by atoms with van der Waals surface area (Å²) < 4.78 is 16.8. The van der Waals surface area contributed by atoms with Crippen molar-refractivity contribution in [1.29, 1.82) is 0 Å². The third-order valence-electron chi connectivity index (χ3n) is 4.47. The maximum atomic E-state index is 12.8. The maximum absolute atomic E-state index is 12.8. The molecule has 0 saturated heterocycles. The van der Waals surface area contributed by atoms with Crippen LogP contribution in [0.15, 0.2) is 36.4 Å². The van der Waals surface area contributed by atoms with Gasteiger partial charge < -0.3 is 19.5 Å². The summed E-state index contributed by atoms with van der Waals surface area (Å²) in [4.78, 5) is 12.8. The van der Waals surface area contributed by atoms with Crippen molar-refractivity contribution in [1.82, 2.24) is 5.32 Å². The van der Waals surface area contributed by atoms with Crippen LogP contribution in [0.25, 0.3) is 0 Å². The van der Waals surface area contributed by atoms with Crippen molar-refractivity contribution in [2.45, 2.75) is 38.8 Å². The zero-order chi connectivity index (χ0) is 19.6. The second-order valence-corrected chi connectivity index (χ2v) is 7.48. The van der Waals surface area contributed by atoms with Gasteiger partial charge in [-0.15, -0.1) is 0 Å². The Labute approximate surface area is 164 Å². The number of hydrogen-bond acceptors (Lipinski definition) is 4. The van der Waals surface area contributed by atoms with Crippen LogP contribution in [0.4, 0.5) is 0 Å². The average Bonchev–Trinajstić information content (AvgIpc) is 2.62. The lowest BCUT2D eigenvalue weighted by Crippen LogP contribution is -2.41. The van der Waals surface area contributed by atoms with Crippen LogP contribution in [0.3, 0.4) is 0 Å². The number of methoxy groups -OCH3 is 1. The number of amides is 1. The van der Waals surface area contributed by atoms with Gasteiger partial charge in [0.05, 0.1) is 24.8 Å². The van der Waals surface area contributed by atoms with Crippen LogP contribution in [0.5, 0.6) is 17.2 Å². The number of carbonyl (C=O) groups excluding carboxylic acids is 1. The Kier molecular flexibility index (Phi) is 5.51. The second kappa shape index (κ2) is 7.69. The SMILES string of the molecule is CCOc1ccc(C(=O)N[C@H]2CC(C)(C)Oc3ccc(OC)cc32)cc1Cl. The summed E-state index contributed by atoms with van der Waals surface area (Å²) in [6.45, 7) is 6.41. The maximum Gasteiger partial charge on any atom is 0.251 e. The van der Waals surface area contributed by atoms with E-state index < -0.39 is 5.60 Å². The molecular weight excluding hydrogens is 366 g/mol. The van der Waals surface area contributed by atoms with Gasteiger partial charge >= 0.3 is 0 Å². The highest BCUT2D eigenvalue weighted by Gasteiger charge is 2.35. The molecule has 0 radical (unpaired) electrons. The second-order valence-electron chi connectivity index (χ2n) is 7.07. The van der Waals surface area contributed by atoms with E-state index in [0.29, 0.717) is 29.4 Å². The van der Waals surface area contributed by atoms with Gasteiger partial charge in [0, 0.05) is 17.5 Å². The van der Waals surface area contributed by atoms with E-state index in [4.69, 9.17) is 25.8 Å². The smallest absolute Gasteiger partial charge is 0.251 e. The molecule has 1 atom stereocenters. The molecule has 0 spiro atoms. The molecule has 1 aliphatic heterocycles. The fourth-order valence-corrected chi connectivity index (χ4v) is 3.48. The molecule has 6 heteroatoms. The fraction of sp³-hybridized carbons (Fsp3) is 0.381. The average molecular weight is 390 g/mol. The molecule has 1 aliphatic rings. The van der Waals surface area contributed by atoms with E-state index >= 15 is 0 Å². The summed E-state index contributed by atoms with van der Waals surface area (Å²) in [5, 5.41) is 3.52. The molecule has 0 aliphatic carbocycles. The standard InChI is InChI=1S/C21H24ClNO4/c1-5-26-19-8-6-13(10-16(19)22)20(24)23-17-12-21(2,3)27-18-9-7-14(25-4)11-15(17)18/h6-11,17H,5,12H2,1-4H3,(H,23,24)/t17-/m0/s1. The summed E-state index contributed by atoms with van der Waals surface area (Å²) >= 11 is 6.22. The number of benzene rings is 2. The van der Waals surface area contributed by atoms with Gasteiger partial charge in [-0.1, -0.05) is 11.6 Å². The first-order chi connectivity index (χ1) is 12.8. The number of nitrogens with one attached hydrogen (secondary N) is 1. The van der Waals surface area contributed by atoms with Gasteiger partial charge in [-0.3, -0.25) is 4.79 Å². The predicted molar refractivity (Wildman–Crippen MR) is 105 cm³/mol. The number of halogens is 1. The Bertz CT molecular complexity index is 850. The Morgan fingerprint density at radius 2 is 2.07 bits per heavy atom. The Hall–Kier alpha value is -2.40. The number of rotatable bonds is 5. The van der Waals surface area contributed by atoms with Crippen LogP contribution in [0.1, 0.15) is 49.2 Å². The molecule has 1 heterocycles. The van der Waals surface area contributed by atoms with Crippen molar-refractivity contribution in [2.75, 3.05) is 13.7 Å². The topological polar surface area (TPSA) is 56.8 Å². The van der Waals surface area contributed by atoms with Crippen LogP contribution in [-0.4, -0.2) is 25.2 Å². The highest BCUT2D eigenvalue weighted by atomic mass is 35.5. The fourth-order valence-electron chi connectivity index (χ4n) is 3.24. The van der Waals surface area contributed by atoms with Gasteiger partial charge in [0.25, 0.3) is 5.91 Å². The van der Waals surface area contributed by atoms with E-state index in [1.165, 1.54) is 0 Å². The zero-order valence-electron chi connectivity index (χ0n) is 16.0. The van der Waals surface area contributed by atoms with Crippen molar-refractivity contribution >= 4 is 17.5 Å². The van der Waals surface area contributed by atoms with Crippen molar-refractivity contribution in [3.8, 4) is 17.2 Å². The molecule has 1 amide bonds. The molecule has 2 aromatic carbocycles. The summed E-state index contributed by atoms with van der Waals surface area (Å²) in [7, 11) is 1.62. The molecule has 3 rings (SSSR count). The molecule has 27 heavy (non-hydrogen) atoms. The normalized spacial score (nSPS) is 17.4. The van der Waals surface area contributed by atoms with Crippen LogP contribution in [0.2, 0.25) is 5.02 Å². The lowest BCUT2D eigenvalue weighted by molar-refractivity contribution is 0.0618. The molecular formula is C21H24ClNO4. The van der Waals surface area contributed by atoms with Gasteiger partial charge in [-0.05, 0) is 57.2 Å². The van der Waals surface area contributed by atoms with Crippen molar-refractivity contribution in [3.63, 3.8) is 0 Å². The number of hydrogen-bond donors (Lipinski definition) is 1. The molecule has 0 aromatic heterocycles. The van der Waals surface area contributed by atoms with Gasteiger partial charge in [-0.25, -0.2) is 0 Å². The van der Waals surface area contributed by atoms with E-state index in [2.05, 4.69) is 5.32 Å². The van der Waals surface area contributed by atoms with Gasteiger partial charge in [-0.2, -0.15) is 0 Å². The minimum absolute atomic E-state index is 0.198. The summed E-state index contributed by atoms with van der Waals surface area (Å²) in [5.74, 6) is 1.84. The quantitative estimate of drug-likeness (QED) is 0.799. The molecule has 1 N–H and O–H groups in total. The molecule has 0 unspecified atom stereocenters. The van der Waals surface area contributed by atoms with Crippen LogP contribution < -0.4 is 19.5 Å². The molecule has 0 saturated carbocycles. The van der Waals surface area contributed by atoms with Crippen molar-refractivity contribution < 1.29 is 19.0 Å². The highest BCUT2D eigenvalue weighted by Crippen LogP contribution is 2.41. The molecule has 144 valence electrons. The first-order valence-electron chi connectivity index (χ1n) is 8.93. The summed E-state index contributed by atoms with van der Waals surface area (Å²) in [6.07, 6.45) is 0.643. The van der Waals surface area contributed by atoms with E-state index in [9.17, 15) is 4.79 Å². The largest absolute Gasteiger partial charge is 0.497 e. The number of carbonyl (C=O) groups is 1. The van der Waals surface area contributed by atoms with Crippen LogP contribution >= 0.6 is 11.6 Å². The highest BCUT2D eigenvalue weighted by molar-refractivity contribution is 6.32. The van der Waals surface area contributed by atoms with Gasteiger partial charge in [0.15, 0.2) is 0 Å². The third kappa shape index (κ3) is 4.30. The van der Waals surface area contributed by atoms with E-state index in [-0.39, 0.29) is 11.9 Å². The Balaban J connectivity index is 1.86. The van der Waals surface area contributed by atoms with Gasteiger partial charge in [0.1, 0.15) is 22.8 Å². The van der Waals surface area contributed by atoms with E-state index in [0.717, 1.165) is 17.1 Å².